The third-order valence-corrected chi connectivity index (χ3v) is 4.91. The number of amides is 1. The summed E-state index contributed by atoms with van der Waals surface area (Å²) in [6, 6.07) is 6.00. The number of fused-ring (bicyclic) bond motifs is 1. The lowest BCUT2D eigenvalue weighted by Crippen LogP contribution is -2.43. The zero-order valence-corrected chi connectivity index (χ0v) is 12.9. The van der Waals surface area contributed by atoms with Crippen LogP contribution in [0.4, 0.5) is 5.69 Å². The van der Waals surface area contributed by atoms with Gasteiger partial charge in [-0.15, -0.1) is 0 Å². The summed E-state index contributed by atoms with van der Waals surface area (Å²) in [7, 11) is -1.91. The van der Waals surface area contributed by atoms with E-state index in [0.29, 0.717) is 6.54 Å². The van der Waals surface area contributed by atoms with Crippen LogP contribution in [-0.4, -0.2) is 45.0 Å². The predicted molar refractivity (Wildman–Crippen MR) is 79.3 cm³/mol. The van der Waals surface area contributed by atoms with Crippen LogP contribution in [0, 0.1) is 6.92 Å². The van der Waals surface area contributed by atoms with Gasteiger partial charge in [0.15, 0.2) is 0 Å². The van der Waals surface area contributed by atoms with Crippen LogP contribution >= 0.6 is 0 Å². The Balaban J connectivity index is 2.26. The van der Waals surface area contributed by atoms with Crippen LogP contribution in [0.1, 0.15) is 17.5 Å². The molecule has 5 nitrogen and oxygen atoms in total. The number of carbonyl (C=O) groups excluding carboxylic acids is 1. The quantitative estimate of drug-likeness (QED) is 0.841. The largest absolute Gasteiger partial charge is 0.311 e. The summed E-state index contributed by atoms with van der Waals surface area (Å²) in [6.07, 6.45) is 2.98. The lowest BCUT2D eigenvalue weighted by atomic mass is 9.98. The number of carbonyl (C=O) groups is 1. The van der Waals surface area contributed by atoms with E-state index in [1.165, 1.54) is 7.05 Å². The van der Waals surface area contributed by atoms with Gasteiger partial charge in [-0.3, -0.25) is 4.79 Å². The Hall–Kier alpha value is -1.40. The normalized spacial score (nSPS) is 15.3. The number of sulfonamides is 1. The number of likely N-dealkylation sites (N-methyl/N-ethyl adjacent to an activating group) is 1. The van der Waals surface area contributed by atoms with Gasteiger partial charge in [0.2, 0.25) is 15.9 Å². The van der Waals surface area contributed by atoms with E-state index in [4.69, 9.17) is 0 Å². The summed E-state index contributed by atoms with van der Waals surface area (Å²) >= 11 is 0. The number of hydrogen-bond donors (Lipinski definition) is 0. The van der Waals surface area contributed by atoms with E-state index in [9.17, 15) is 13.2 Å². The highest BCUT2D eigenvalue weighted by Crippen LogP contribution is 2.30. The van der Waals surface area contributed by atoms with E-state index in [1.54, 1.807) is 4.90 Å². The number of anilines is 1. The van der Waals surface area contributed by atoms with Gasteiger partial charge in [-0.1, -0.05) is 18.2 Å². The fourth-order valence-corrected chi connectivity index (χ4v) is 2.83. The topological polar surface area (TPSA) is 57.7 Å². The average Bonchev–Trinajstić information content (AvgIpc) is 2.37. The van der Waals surface area contributed by atoms with Gasteiger partial charge in [0.05, 0.1) is 12.8 Å². The van der Waals surface area contributed by atoms with Crippen molar-refractivity contribution in [2.75, 3.05) is 31.3 Å². The lowest BCUT2D eigenvalue weighted by molar-refractivity contribution is -0.118. The van der Waals surface area contributed by atoms with Crippen LogP contribution in [0.25, 0.3) is 0 Å². The first-order valence-electron chi connectivity index (χ1n) is 6.61. The summed E-state index contributed by atoms with van der Waals surface area (Å²) in [5, 5.41) is 0. The average molecular weight is 296 g/mol. The summed E-state index contributed by atoms with van der Waals surface area (Å²) in [6.45, 7) is 2.51. The van der Waals surface area contributed by atoms with E-state index in [1.807, 2.05) is 25.1 Å². The molecule has 0 atom stereocenters. The second-order valence-electron chi connectivity index (χ2n) is 5.25. The molecule has 6 heteroatoms. The van der Waals surface area contributed by atoms with E-state index in [-0.39, 0.29) is 12.5 Å². The monoisotopic (exact) mass is 296 g/mol. The third-order valence-electron chi connectivity index (χ3n) is 3.64. The Morgan fingerprint density at radius 2 is 2.10 bits per heavy atom. The second kappa shape index (κ2) is 5.54. The summed E-state index contributed by atoms with van der Waals surface area (Å²) in [4.78, 5) is 14.1. The second-order valence-corrected chi connectivity index (χ2v) is 7.34. The SMILES string of the molecule is Cc1cccc2c1N(C(=O)CN(C)S(C)(=O)=O)CCC2. The Kier molecular flexibility index (Phi) is 4.15. The molecule has 0 fully saturated rings. The van der Waals surface area contributed by atoms with Gasteiger partial charge in [-0.2, -0.15) is 4.31 Å². The minimum absolute atomic E-state index is 0.118. The summed E-state index contributed by atoms with van der Waals surface area (Å²) in [5.74, 6) is -0.173. The van der Waals surface area contributed by atoms with Gasteiger partial charge in [-0.05, 0) is 30.9 Å². The van der Waals surface area contributed by atoms with Crippen LogP contribution in [0.5, 0.6) is 0 Å². The summed E-state index contributed by atoms with van der Waals surface area (Å²) in [5.41, 5.74) is 3.16. The first-order valence-corrected chi connectivity index (χ1v) is 8.45. The molecule has 1 heterocycles. The van der Waals surface area contributed by atoms with E-state index in [0.717, 1.165) is 40.2 Å². The molecule has 0 spiro atoms. The fraction of sp³-hybridized carbons (Fsp3) is 0.500. The number of rotatable bonds is 3. The molecule has 2 rings (SSSR count). The van der Waals surface area contributed by atoms with E-state index in [2.05, 4.69) is 0 Å². The molecule has 20 heavy (non-hydrogen) atoms. The van der Waals surface area contributed by atoms with Crippen molar-refractivity contribution < 1.29 is 13.2 Å². The molecule has 0 saturated carbocycles. The number of hydrogen-bond acceptors (Lipinski definition) is 3. The van der Waals surface area contributed by atoms with Gasteiger partial charge in [0.25, 0.3) is 0 Å². The standard InChI is InChI=1S/C14H20N2O3S/c1-11-6-4-7-12-8-5-9-16(14(11)12)13(17)10-15(2)20(3,18)19/h4,6-7H,5,8-10H2,1-3H3. The molecule has 1 aromatic carbocycles. The Bertz CT molecular complexity index is 625. The molecule has 1 aliphatic rings. The molecule has 0 bridgehead atoms. The van der Waals surface area contributed by atoms with Crippen LogP contribution in [0.3, 0.4) is 0 Å². The molecule has 0 saturated heterocycles. The van der Waals surface area contributed by atoms with Crippen molar-refractivity contribution in [3.63, 3.8) is 0 Å². The smallest absolute Gasteiger partial charge is 0.242 e. The van der Waals surface area contributed by atoms with Gasteiger partial charge in [-0.25, -0.2) is 8.42 Å². The predicted octanol–water partition coefficient (Wildman–Crippen LogP) is 1.17. The maximum absolute atomic E-state index is 12.4. The molecule has 110 valence electrons. The van der Waals surface area contributed by atoms with Crippen molar-refractivity contribution in [1.29, 1.82) is 0 Å². The van der Waals surface area contributed by atoms with Gasteiger partial charge < -0.3 is 4.90 Å². The van der Waals surface area contributed by atoms with Crippen LogP contribution in [0.2, 0.25) is 0 Å². The van der Waals surface area contributed by atoms with Crippen LogP contribution in [0.15, 0.2) is 18.2 Å². The van der Waals surface area contributed by atoms with Crippen LogP contribution in [-0.2, 0) is 21.2 Å². The maximum Gasteiger partial charge on any atom is 0.242 e. The number of benzene rings is 1. The molecular weight excluding hydrogens is 276 g/mol. The highest BCUT2D eigenvalue weighted by molar-refractivity contribution is 7.88. The molecule has 1 aliphatic heterocycles. The van der Waals surface area contributed by atoms with Gasteiger partial charge in [0, 0.05) is 19.3 Å². The molecule has 0 unspecified atom stereocenters. The summed E-state index contributed by atoms with van der Waals surface area (Å²) < 4.78 is 23.9. The molecule has 0 N–H and O–H groups in total. The van der Waals surface area contributed by atoms with Crippen molar-refractivity contribution in [3.8, 4) is 0 Å². The highest BCUT2D eigenvalue weighted by atomic mass is 32.2. The lowest BCUT2D eigenvalue weighted by Gasteiger charge is -2.32. The minimum Gasteiger partial charge on any atom is -0.311 e. The number of para-hydroxylation sites is 1. The number of nitrogens with zero attached hydrogens (tertiary/aromatic N) is 2. The van der Waals surface area contributed by atoms with Crippen LogP contribution < -0.4 is 4.90 Å². The van der Waals surface area contributed by atoms with Crippen molar-refractivity contribution >= 4 is 21.6 Å². The highest BCUT2D eigenvalue weighted by Gasteiger charge is 2.26. The zero-order valence-electron chi connectivity index (χ0n) is 12.1. The molecule has 1 aromatic rings. The van der Waals surface area contributed by atoms with Crippen molar-refractivity contribution in [2.24, 2.45) is 0 Å². The van der Waals surface area contributed by atoms with Gasteiger partial charge >= 0.3 is 0 Å². The Labute approximate surface area is 120 Å². The third kappa shape index (κ3) is 3.02. The first-order chi connectivity index (χ1) is 9.30. The molecule has 1 amide bonds. The maximum atomic E-state index is 12.4. The fourth-order valence-electron chi connectivity index (χ4n) is 2.49. The number of aryl methyl sites for hydroxylation is 2. The molecule has 0 aliphatic carbocycles. The van der Waals surface area contributed by atoms with Crippen molar-refractivity contribution in [3.05, 3.63) is 29.3 Å². The Morgan fingerprint density at radius 1 is 1.40 bits per heavy atom. The zero-order chi connectivity index (χ0) is 14.9. The Morgan fingerprint density at radius 3 is 2.75 bits per heavy atom. The van der Waals surface area contributed by atoms with Crippen molar-refractivity contribution in [1.82, 2.24) is 4.31 Å². The molecule has 0 radical (unpaired) electrons. The molecular formula is C14H20N2O3S. The van der Waals surface area contributed by atoms with Crippen molar-refractivity contribution in [2.45, 2.75) is 19.8 Å². The molecule has 0 aromatic heterocycles. The minimum atomic E-state index is -3.34. The van der Waals surface area contributed by atoms with E-state index < -0.39 is 10.0 Å². The van der Waals surface area contributed by atoms with E-state index >= 15 is 0 Å². The first kappa shape index (κ1) is 15.0. The van der Waals surface area contributed by atoms with Gasteiger partial charge in [0.1, 0.15) is 0 Å².